The molecule has 4 heteroatoms. The van der Waals surface area contributed by atoms with Crippen molar-refractivity contribution in [3.8, 4) is 0 Å². The van der Waals surface area contributed by atoms with E-state index in [0.717, 1.165) is 30.6 Å². The molecule has 0 amide bonds. The molecule has 1 aliphatic rings. The van der Waals surface area contributed by atoms with Crippen molar-refractivity contribution in [3.05, 3.63) is 28.0 Å². The van der Waals surface area contributed by atoms with E-state index >= 15 is 0 Å². The van der Waals surface area contributed by atoms with Gasteiger partial charge in [-0.2, -0.15) is 0 Å². The highest BCUT2D eigenvalue weighted by Gasteiger charge is 2.24. The summed E-state index contributed by atoms with van der Waals surface area (Å²) < 4.78 is 13.8. The SMILES string of the molecule is CCC(N)N1CCc2cc(F)c(Br)cc21. The van der Waals surface area contributed by atoms with Gasteiger partial charge in [-0.15, -0.1) is 0 Å². The van der Waals surface area contributed by atoms with Crippen molar-refractivity contribution in [2.75, 3.05) is 11.4 Å². The zero-order valence-corrected chi connectivity index (χ0v) is 10.2. The smallest absolute Gasteiger partial charge is 0.137 e. The standard InChI is InChI=1S/C11H14BrFN2/c1-2-11(14)15-4-3-7-5-9(13)8(12)6-10(7)15/h5-6,11H,2-4,14H2,1H3. The number of nitrogens with zero attached hydrogens (tertiary/aromatic N) is 1. The normalized spacial score (nSPS) is 16.7. The number of fused-ring (bicyclic) bond motifs is 1. The molecule has 2 nitrogen and oxygen atoms in total. The van der Waals surface area contributed by atoms with Crippen LogP contribution in [0.1, 0.15) is 18.9 Å². The van der Waals surface area contributed by atoms with Gasteiger partial charge in [0.15, 0.2) is 0 Å². The summed E-state index contributed by atoms with van der Waals surface area (Å²) >= 11 is 3.20. The molecule has 2 rings (SSSR count). The van der Waals surface area contributed by atoms with Gasteiger partial charge in [-0.1, -0.05) is 6.92 Å². The average molecular weight is 273 g/mol. The summed E-state index contributed by atoms with van der Waals surface area (Å²) in [6.07, 6.45) is 1.81. The highest BCUT2D eigenvalue weighted by atomic mass is 79.9. The lowest BCUT2D eigenvalue weighted by Gasteiger charge is -2.26. The molecule has 0 aromatic heterocycles. The predicted octanol–water partition coefficient (Wildman–Crippen LogP) is 2.65. The van der Waals surface area contributed by atoms with E-state index in [9.17, 15) is 4.39 Å². The van der Waals surface area contributed by atoms with E-state index in [1.807, 2.05) is 6.07 Å². The first-order chi connectivity index (χ1) is 7.13. The first-order valence-electron chi connectivity index (χ1n) is 5.13. The van der Waals surface area contributed by atoms with Gasteiger partial charge in [0.2, 0.25) is 0 Å². The third-order valence-electron chi connectivity index (χ3n) is 2.87. The first kappa shape index (κ1) is 10.9. The van der Waals surface area contributed by atoms with E-state index < -0.39 is 0 Å². The van der Waals surface area contributed by atoms with Crippen LogP contribution in [0.4, 0.5) is 10.1 Å². The molecule has 0 radical (unpaired) electrons. The fourth-order valence-corrected chi connectivity index (χ4v) is 2.30. The number of anilines is 1. The summed E-state index contributed by atoms with van der Waals surface area (Å²) in [6.45, 7) is 2.95. The van der Waals surface area contributed by atoms with Crippen LogP contribution in [0, 0.1) is 5.82 Å². The second kappa shape index (κ2) is 4.10. The van der Waals surface area contributed by atoms with Gasteiger partial charge in [0.25, 0.3) is 0 Å². The maximum atomic E-state index is 13.3. The fourth-order valence-electron chi connectivity index (χ4n) is 1.97. The van der Waals surface area contributed by atoms with Crippen LogP contribution >= 0.6 is 15.9 Å². The molecule has 0 saturated heterocycles. The van der Waals surface area contributed by atoms with E-state index in [1.54, 1.807) is 6.07 Å². The van der Waals surface area contributed by atoms with Crippen LogP contribution in [0.25, 0.3) is 0 Å². The minimum Gasteiger partial charge on any atom is -0.356 e. The largest absolute Gasteiger partial charge is 0.356 e. The summed E-state index contributed by atoms with van der Waals surface area (Å²) in [7, 11) is 0. The highest BCUT2D eigenvalue weighted by molar-refractivity contribution is 9.10. The molecule has 1 aliphatic heterocycles. The molecule has 0 spiro atoms. The quantitative estimate of drug-likeness (QED) is 0.897. The van der Waals surface area contributed by atoms with Crippen LogP contribution in [0.3, 0.4) is 0 Å². The Balaban J connectivity index is 2.38. The molecule has 2 N–H and O–H groups in total. The van der Waals surface area contributed by atoms with Crippen LogP contribution in [-0.4, -0.2) is 12.7 Å². The summed E-state index contributed by atoms with van der Waals surface area (Å²) in [5.41, 5.74) is 8.12. The Bertz CT molecular complexity index is 381. The molecule has 1 heterocycles. The molecular weight excluding hydrogens is 259 g/mol. The summed E-state index contributed by atoms with van der Waals surface area (Å²) in [5, 5.41) is 0. The number of halogens is 2. The number of rotatable bonds is 2. The van der Waals surface area contributed by atoms with Gasteiger partial charge in [-0.05, 0) is 46.5 Å². The molecule has 15 heavy (non-hydrogen) atoms. The van der Waals surface area contributed by atoms with Gasteiger partial charge in [0.05, 0.1) is 10.6 Å². The summed E-state index contributed by atoms with van der Waals surface area (Å²) in [5.74, 6) is -0.194. The Morgan fingerprint density at radius 1 is 1.60 bits per heavy atom. The predicted molar refractivity (Wildman–Crippen MR) is 63.4 cm³/mol. The maximum absolute atomic E-state index is 13.3. The molecule has 82 valence electrons. The zero-order valence-electron chi connectivity index (χ0n) is 8.63. The monoisotopic (exact) mass is 272 g/mol. The lowest BCUT2D eigenvalue weighted by atomic mass is 10.1. The number of hydrogen-bond acceptors (Lipinski definition) is 2. The van der Waals surface area contributed by atoms with Crippen molar-refractivity contribution >= 4 is 21.6 Å². The van der Waals surface area contributed by atoms with Crippen molar-refractivity contribution in [2.45, 2.75) is 25.9 Å². The second-order valence-electron chi connectivity index (χ2n) is 3.81. The Labute approximate surface area is 97.4 Å². The van der Waals surface area contributed by atoms with Crippen molar-refractivity contribution in [3.63, 3.8) is 0 Å². The average Bonchev–Trinajstić information content (AvgIpc) is 2.61. The Morgan fingerprint density at radius 3 is 3.00 bits per heavy atom. The summed E-state index contributed by atoms with van der Waals surface area (Å²) in [6, 6.07) is 3.43. The minimum atomic E-state index is -0.194. The van der Waals surface area contributed by atoms with Gasteiger partial charge < -0.3 is 10.6 Å². The lowest BCUT2D eigenvalue weighted by molar-refractivity contribution is 0.609. The number of nitrogens with two attached hydrogens (primary N) is 1. The zero-order chi connectivity index (χ0) is 11.0. The van der Waals surface area contributed by atoms with Crippen LogP contribution in [0.15, 0.2) is 16.6 Å². The Morgan fingerprint density at radius 2 is 2.33 bits per heavy atom. The number of hydrogen-bond donors (Lipinski definition) is 1. The molecule has 0 aliphatic carbocycles. The van der Waals surface area contributed by atoms with E-state index in [0.29, 0.717) is 4.47 Å². The van der Waals surface area contributed by atoms with E-state index in [-0.39, 0.29) is 12.0 Å². The van der Waals surface area contributed by atoms with Gasteiger partial charge in [-0.3, -0.25) is 0 Å². The van der Waals surface area contributed by atoms with E-state index in [1.165, 1.54) is 0 Å². The molecule has 1 unspecified atom stereocenters. The van der Waals surface area contributed by atoms with Crippen molar-refractivity contribution < 1.29 is 4.39 Å². The first-order valence-corrected chi connectivity index (χ1v) is 5.93. The van der Waals surface area contributed by atoms with Crippen molar-refractivity contribution in [1.82, 2.24) is 0 Å². The third kappa shape index (κ3) is 1.88. The van der Waals surface area contributed by atoms with E-state index in [4.69, 9.17) is 5.73 Å². The van der Waals surface area contributed by atoms with Gasteiger partial charge >= 0.3 is 0 Å². The third-order valence-corrected chi connectivity index (χ3v) is 3.48. The van der Waals surface area contributed by atoms with Gasteiger partial charge in [0.1, 0.15) is 5.82 Å². The molecule has 0 fully saturated rings. The topological polar surface area (TPSA) is 29.3 Å². The van der Waals surface area contributed by atoms with Crippen LogP contribution in [0.5, 0.6) is 0 Å². The van der Waals surface area contributed by atoms with E-state index in [2.05, 4.69) is 27.8 Å². The molecule has 0 bridgehead atoms. The van der Waals surface area contributed by atoms with Crippen molar-refractivity contribution in [1.29, 1.82) is 0 Å². The second-order valence-corrected chi connectivity index (χ2v) is 4.67. The van der Waals surface area contributed by atoms with Gasteiger partial charge in [-0.25, -0.2) is 4.39 Å². The molecule has 1 atom stereocenters. The van der Waals surface area contributed by atoms with Crippen molar-refractivity contribution in [2.24, 2.45) is 5.73 Å². The Hall–Kier alpha value is -0.610. The minimum absolute atomic E-state index is 0.0311. The molecule has 1 aromatic rings. The lowest BCUT2D eigenvalue weighted by Crippen LogP contribution is -2.40. The van der Waals surface area contributed by atoms with Crippen LogP contribution < -0.4 is 10.6 Å². The van der Waals surface area contributed by atoms with Gasteiger partial charge in [0, 0.05) is 12.2 Å². The van der Waals surface area contributed by atoms with Crippen LogP contribution in [-0.2, 0) is 6.42 Å². The number of benzene rings is 1. The Kier molecular flexibility index (Phi) is 2.98. The highest BCUT2D eigenvalue weighted by Crippen LogP contribution is 2.33. The van der Waals surface area contributed by atoms with Crippen LogP contribution in [0.2, 0.25) is 0 Å². The molecular formula is C11H14BrFN2. The molecule has 0 saturated carbocycles. The molecule has 1 aromatic carbocycles. The fraction of sp³-hybridized carbons (Fsp3) is 0.455. The summed E-state index contributed by atoms with van der Waals surface area (Å²) in [4.78, 5) is 2.14. The maximum Gasteiger partial charge on any atom is 0.137 e.